The van der Waals surface area contributed by atoms with Gasteiger partial charge >= 0.3 is 0 Å². The number of hydrogen-bond acceptors (Lipinski definition) is 1. The highest BCUT2D eigenvalue weighted by molar-refractivity contribution is 14.1. The van der Waals surface area contributed by atoms with Gasteiger partial charge in [-0.1, -0.05) is 50.3 Å². The molecule has 0 bridgehead atoms. The van der Waals surface area contributed by atoms with Gasteiger partial charge < -0.3 is 4.43 Å². The Morgan fingerprint density at radius 3 is 2.13 bits per heavy atom. The van der Waals surface area contributed by atoms with Crippen molar-refractivity contribution in [2.24, 2.45) is 5.92 Å². The molecule has 1 unspecified atom stereocenters. The highest BCUT2D eigenvalue weighted by Gasteiger charge is 2.36. The molecular weight excluding hydrogens is 315 g/mol. The normalized spacial score (nSPS) is 15.4. The van der Waals surface area contributed by atoms with Gasteiger partial charge in [0.2, 0.25) is 0 Å². The summed E-state index contributed by atoms with van der Waals surface area (Å²) in [6, 6.07) is 0. The minimum Gasteiger partial charge on any atom is -0.417 e. The molecule has 0 aliphatic heterocycles. The quantitative estimate of drug-likeness (QED) is 0.381. The first-order valence-electron chi connectivity index (χ1n) is 5.90. The van der Waals surface area contributed by atoms with Crippen LogP contribution in [0.5, 0.6) is 0 Å². The zero-order valence-electron chi connectivity index (χ0n) is 11.2. The van der Waals surface area contributed by atoms with Crippen LogP contribution in [-0.2, 0) is 4.43 Å². The molecule has 0 saturated heterocycles. The molecule has 0 radical (unpaired) electrons. The van der Waals surface area contributed by atoms with Gasteiger partial charge in [0, 0.05) is 6.61 Å². The fourth-order valence-electron chi connectivity index (χ4n) is 1.06. The minimum atomic E-state index is -1.50. The van der Waals surface area contributed by atoms with Crippen LogP contribution < -0.4 is 0 Å². The summed E-state index contributed by atoms with van der Waals surface area (Å²) in [6.45, 7) is 14.8. The molecule has 92 valence electrons. The topological polar surface area (TPSA) is 9.23 Å². The highest BCUT2D eigenvalue weighted by atomic mass is 127. The molecule has 0 rings (SSSR count). The molecule has 0 heterocycles. The number of alkyl halides is 1. The molecule has 0 aromatic heterocycles. The molecule has 1 nitrogen and oxygen atoms in total. The third-order valence-electron chi connectivity index (χ3n) is 3.48. The maximum absolute atomic E-state index is 6.15. The molecule has 0 N–H and O–H groups in total. The molecule has 0 aliphatic carbocycles. The molecule has 3 heteroatoms. The van der Waals surface area contributed by atoms with Crippen LogP contribution in [0.4, 0.5) is 0 Å². The van der Waals surface area contributed by atoms with Gasteiger partial charge in [-0.25, -0.2) is 0 Å². The largest absolute Gasteiger partial charge is 0.417 e. The lowest BCUT2D eigenvalue weighted by Crippen LogP contribution is -2.41. The monoisotopic (exact) mass is 342 g/mol. The van der Waals surface area contributed by atoms with E-state index in [1.807, 2.05) is 0 Å². The zero-order valence-corrected chi connectivity index (χ0v) is 14.3. The molecular formula is C12H27IOSi. The zero-order chi connectivity index (χ0) is 12.1. The molecule has 0 saturated carbocycles. The predicted octanol–water partition coefficient (Wildman–Crippen LogP) is 4.86. The minimum absolute atomic E-state index is 0.347. The van der Waals surface area contributed by atoms with Gasteiger partial charge in [-0.05, 0) is 41.3 Å². The van der Waals surface area contributed by atoms with E-state index in [-0.39, 0.29) is 0 Å². The van der Waals surface area contributed by atoms with Crippen molar-refractivity contribution in [3.8, 4) is 0 Å². The van der Waals surface area contributed by atoms with E-state index in [1.54, 1.807) is 0 Å². The van der Waals surface area contributed by atoms with Crippen molar-refractivity contribution in [3.05, 3.63) is 0 Å². The van der Waals surface area contributed by atoms with Crippen molar-refractivity contribution in [3.63, 3.8) is 0 Å². The Kier molecular flexibility index (Phi) is 6.99. The van der Waals surface area contributed by atoms with E-state index in [9.17, 15) is 0 Å². The second-order valence-electron chi connectivity index (χ2n) is 5.98. The van der Waals surface area contributed by atoms with Gasteiger partial charge in [0.25, 0.3) is 0 Å². The third-order valence-corrected chi connectivity index (χ3v) is 8.64. The van der Waals surface area contributed by atoms with Crippen LogP contribution in [0.3, 0.4) is 0 Å². The summed E-state index contributed by atoms with van der Waals surface area (Å²) in [5.74, 6) is 0.812. The average molecular weight is 342 g/mol. The summed E-state index contributed by atoms with van der Waals surface area (Å²) in [4.78, 5) is 0. The molecule has 15 heavy (non-hydrogen) atoms. The van der Waals surface area contributed by atoms with Crippen molar-refractivity contribution in [2.45, 2.75) is 58.7 Å². The van der Waals surface area contributed by atoms with Crippen LogP contribution in [0.2, 0.25) is 18.1 Å². The van der Waals surface area contributed by atoms with Gasteiger partial charge in [0.05, 0.1) is 0 Å². The van der Waals surface area contributed by atoms with Gasteiger partial charge in [-0.2, -0.15) is 0 Å². The van der Waals surface area contributed by atoms with Crippen LogP contribution in [0.1, 0.15) is 40.5 Å². The lowest BCUT2D eigenvalue weighted by Gasteiger charge is -2.36. The average Bonchev–Trinajstić information content (AvgIpc) is 2.01. The first kappa shape index (κ1) is 15.9. The molecule has 0 aromatic rings. The van der Waals surface area contributed by atoms with Crippen molar-refractivity contribution >= 4 is 30.9 Å². The van der Waals surface area contributed by atoms with Gasteiger partial charge in [-0.15, -0.1) is 0 Å². The van der Waals surface area contributed by atoms with E-state index < -0.39 is 8.32 Å². The Morgan fingerprint density at radius 1 is 1.20 bits per heavy atom. The standard InChI is InChI=1S/C12H27IOSi/c1-11(7-9-13)8-10-14-15(5,6)12(2,3)4/h11H,7-10H2,1-6H3. The summed E-state index contributed by atoms with van der Waals surface area (Å²) in [5, 5.41) is 0.347. The summed E-state index contributed by atoms with van der Waals surface area (Å²) in [7, 11) is -1.50. The fraction of sp³-hybridized carbons (Fsp3) is 1.00. The van der Waals surface area contributed by atoms with E-state index >= 15 is 0 Å². The lowest BCUT2D eigenvalue weighted by atomic mass is 10.1. The number of hydrogen-bond donors (Lipinski definition) is 0. The maximum Gasteiger partial charge on any atom is 0.191 e. The smallest absolute Gasteiger partial charge is 0.191 e. The van der Waals surface area contributed by atoms with Gasteiger partial charge in [0.15, 0.2) is 8.32 Å². The van der Waals surface area contributed by atoms with E-state index in [1.165, 1.54) is 17.3 Å². The van der Waals surface area contributed by atoms with Crippen molar-refractivity contribution in [1.29, 1.82) is 0 Å². The molecule has 0 aromatic carbocycles. The van der Waals surface area contributed by atoms with E-state index in [0.717, 1.165) is 12.5 Å². The van der Waals surface area contributed by atoms with Gasteiger partial charge in [-0.3, -0.25) is 0 Å². The predicted molar refractivity (Wildman–Crippen MR) is 80.4 cm³/mol. The van der Waals surface area contributed by atoms with Gasteiger partial charge in [0.1, 0.15) is 0 Å². The Hall–Kier alpha value is 0.907. The Bertz CT molecular complexity index is 175. The van der Waals surface area contributed by atoms with Crippen LogP contribution in [0.15, 0.2) is 0 Å². The lowest BCUT2D eigenvalue weighted by molar-refractivity contribution is 0.259. The summed E-state index contributed by atoms with van der Waals surface area (Å²) in [6.07, 6.45) is 2.54. The highest BCUT2D eigenvalue weighted by Crippen LogP contribution is 2.36. The Labute approximate surface area is 111 Å². The maximum atomic E-state index is 6.15. The summed E-state index contributed by atoms with van der Waals surface area (Å²) in [5.41, 5.74) is 0. The Balaban J connectivity index is 3.85. The second kappa shape index (κ2) is 6.60. The number of halogens is 1. The molecule has 1 atom stereocenters. The van der Waals surface area contributed by atoms with Crippen molar-refractivity contribution in [2.75, 3.05) is 11.0 Å². The second-order valence-corrected chi connectivity index (χ2v) is 11.9. The molecule has 0 aliphatic rings. The van der Waals surface area contributed by atoms with Crippen molar-refractivity contribution in [1.82, 2.24) is 0 Å². The number of rotatable bonds is 6. The van der Waals surface area contributed by atoms with E-state index in [0.29, 0.717) is 5.04 Å². The third kappa shape index (κ3) is 6.27. The molecule has 0 spiro atoms. The van der Waals surface area contributed by atoms with Crippen LogP contribution >= 0.6 is 22.6 Å². The van der Waals surface area contributed by atoms with E-state index in [2.05, 4.69) is 63.4 Å². The van der Waals surface area contributed by atoms with Crippen LogP contribution in [-0.4, -0.2) is 19.4 Å². The first-order chi connectivity index (χ1) is 6.70. The van der Waals surface area contributed by atoms with Crippen molar-refractivity contribution < 1.29 is 4.43 Å². The summed E-state index contributed by atoms with van der Waals surface area (Å²) < 4.78 is 7.41. The van der Waals surface area contributed by atoms with Crippen LogP contribution in [0, 0.1) is 5.92 Å². The molecule has 0 fully saturated rings. The first-order valence-corrected chi connectivity index (χ1v) is 10.3. The van der Waals surface area contributed by atoms with E-state index in [4.69, 9.17) is 4.43 Å². The molecule has 0 amide bonds. The fourth-order valence-corrected chi connectivity index (χ4v) is 3.19. The van der Waals surface area contributed by atoms with Crippen LogP contribution in [0.25, 0.3) is 0 Å². The SMILES string of the molecule is CC(CCI)CCO[Si](C)(C)C(C)(C)C. The Morgan fingerprint density at radius 2 is 1.73 bits per heavy atom. The summed E-state index contributed by atoms with van der Waals surface area (Å²) >= 11 is 2.45.